The molecule has 1 aromatic carbocycles. The molecule has 3 atom stereocenters. The minimum absolute atomic E-state index is 0.0920. The maximum absolute atomic E-state index is 9.96. The van der Waals surface area contributed by atoms with Crippen LogP contribution in [0, 0.1) is 0 Å². The highest BCUT2D eigenvalue weighted by Gasteiger charge is 2.62. The van der Waals surface area contributed by atoms with E-state index in [0.717, 1.165) is 32.4 Å². The lowest BCUT2D eigenvalue weighted by Gasteiger charge is -2.64. The number of hydrogen-bond donors (Lipinski definition) is 1. The highest BCUT2D eigenvalue weighted by atomic mass is 16.5. The Morgan fingerprint density at radius 2 is 2.20 bits per heavy atom. The number of hydrogen-bond acceptors (Lipinski definition) is 3. The summed E-state index contributed by atoms with van der Waals surface area (Å²) in [6, 6.07) is 6.40. The van der Waals surface area contributed by atoms with E-state index in [0.29, 0.717) is 11.8 Å². The molecule has 3 heteroatoms. The van der Waals surface area contributed by atoms with E-state index in [-0.39, 0.29) is 11.0 Å². The third-order valence-corrected chi connectivity index (χ3v) is 6.18. The van der Waals surface area contributed by atoms with Gasteiger partial charge in [0.2, 0.25) is 0 Å². The van der Waals surface area contributed by atoms with Gasteiger partial charge < -0.3 is 14.7 Å². The number of phenolic OH excluding ortho intramolecular Hbond substituents is 1. The lowest BCUT2D eigenvalue weighted by atomic mass is 9.52. The predicted octanol–water partition coefficient (Wildman–Crippen LogP) is 2.46. The van der Waals surface area contributed by atoms with Crippen molar-refractivity contribution >= 4 is 0 Å². The zero-order chi connectivity index (χ0) is 14.0. The van der Waals surface area contributed by atoms with Gasteiger partial charge in [-0.25, -0.2) is 0 Å². The van der Waals surface area contributed by atoms with Crippen molar-refractivity contribution in [2.24, 2.45) is 0 Å². The first-order chi connectivity index (χ1) is 9.57. The minimum atomic E-state index is -0.112. The summed E-state index contributed by atoms with van der Waals surface area (Å²) in [5.74, 6) is 0.392. The smallest absolute Gasteiger partial charge is 0.115 e. The molecule has 0 unspecified atom stereocenters. The van der Waals surface area contributed by atoms with Crippen LogP contribution in [0.1, 0.15) is 37.3 Å². The topological polar surface area (TPSA) is 32.7 Å². The first kappa shape index (κ1) is 12.7. The van der Waals surface area contributed by atoms with E-state index in [1.165, 1.54) is 17.5 Å². The molecule has 0 saturated carbocycles. The number of ether oxygens (including phenoxy) is 1. The summed E-state index contributed by atoms with van der Waals surface area (Å²) < 4.78 is 6.37. The molecule has 0 amide bonds. The van der Waals surface area contributed by atoms with Crippen LogP contribution in [0.15, 0.2) is 18.2 Å². The van der Waals surface area contributed by atoms with Gasteiger partial charge in [0.25, 0.3) is 0 Å². The molecule has 108 valence electrons. The lowest BCUT2D eigenvalue weighted by Crippen LogP contribution is -2.71. The largest absolute Gasteiger partial charge is 0.508 e. The van der Waals surface area contributed by atoms with Crippen LogP contribution in [0.2, 0.25) is 0 Å². The summed E-state index contributed by atoms with van der Waals surface area (Å²) >= 11 is 0. The zero-order valence-corrected chi connectivity index (χ0v) is 12.4. The van der Waals surface area contributed by atoms with Crippen LogP contribution in [0.5, 0.6) is 5.75 Å². The van der Waals surface area contributed by atoms with Crippen LogP contribution in [0.3, 0.4) is 0 Å². The van der Waals surface area contributed by atoms with Crippen molar-refractivity contribution in [2.45, 2.75) is 49.7 Å². The number of rotatable bonds is 0. The van der Waals surface area contributed by atoms with Crippen LogP contribution in [-0.4, -0.2) is 41.8 Å². The van der Waals surface area contributed by atoms with Crippen molar-refractivity contribution in [3.8, 4) is 5.75 Å². The fraction of sp³-hybridized carbons (Fsp3) is 0.647. The number of benzene rings is 1. The van der Waals surface area contributed by atoms with Gasteiger partial charge in [-0.3, -0.25) is 0 Å². The Morgan fingerprint density at radius 3 is 3.05 bits per heavy atom. The normalized spacial score (nSPS) is 40.0. The van der Waals surface area contributed by atoms with Gasteiger partial charge >= 0.3 is 0 Å². The van der Waals surface area contributed by atoms with Gasteiger partial charge in [0.15, 0.2) is 0 Å². The highest BCUT2D eigenvalue weighted by Crippen LogP contribution is 2.57. The third-order valence-electron chi connectivity index (χ3n) is 6.18. The SMILES string of the molecule is CN1CC[C@]23CCCO[C@]2(C)[C@H]1Cc1ccc(O)cc13. The molecule has 1 N–H and O–H groups in total. The maximum Gasteiger partial charge on any atom is 0.115 e. The maximum atomic E-state index is 9.96. The van der Waals surface area contributed by atoms with E-state index in [9.17, 15) is 5.11 Å². The number of phenols is 1. The predicted molar refractivity (Wildman–Crippen MR) is 78.1 cm³/mol. The molecule has 20 heavy (non-hydrogen) atoms. The van der Waals surface area contributed by atoms with Gasteiger partial charge in [0.1, 0.15) is 5.75 Å². The minimum Gasteiger partial charge on any atom is -0.508 e. The van der Waals surface area contributed by atoms with Gasteiger partial charge in [-0.2, -0.15) is 0 Å². The summed E-state index contributed by atoms with van der Waals surface area (Å²) in [5, 5.41) is 9.96. The molecular formula is C17H23NO2. The van der Waals surface area contributed by atoms with Crippen molar-refractivity contribution in [3.05, 3.63) is 29.3 Å². The Kier molecular flexibility index (Phi) is 2.52. The van der Waals surface area contributed by atoms with Crippen LogP contribution in [0.25, 0.3) is 0 Å². The quantitative estimate of drug-likeness (QED) is 0.788. The van der Waals surface area contributed by atoms with E-state index in [1.807, 2.05) is 12.1 Å². The van der Waals surface area contributed by atoms with Gasteiger partial charge in [-0.1, -0.05) is 6.07 Å². The second kappa shape index (κ2) is 3.99. The van der Waals surface area contributed by atoms with E-state index in [2.05, 4.69) is 24.9 Å². The number of aromatic hydroxyl groups is 1. The number of nitrogens with zero attached hydrogens (tertiary/aromatic N) is 1. The summed E-state index contributed by atoms with van der Waals surface area (Å²) in [6.45, 7) is 4.30. The molecule has 0 spiro atoms. The summed E-state index contributed by atoms with van der Waals surface area (Å²) in [4.78, 5) is 2.47. The Hall–Kier alpha value is -1.06. The van der Waals surface area contributed by atoms with E-state index in [4.69, 9.17) is 4.74 Å². The highest BCUT2D eigenvalue weighted by molar-refractivity contribution is 5.47. The Morgan fingerprint density at radius 1 is 1.35 bits per heavy atom. The zero-order valence-electron chi connectivity index (χ0n) is 12.4. The molecule has 4 rings (SSSR count). The summed E-state index contributed by atoms with van der Waals surface area (Å²) in [7, 11) is 2.23. The molecular weight excluding hydrogens is 250 g/mol. The molecule has 2 aliphatic heterocycles. The van der Waals surface area contributed by atoms with Gasteiger partial charge in [0.05, 0.1) is 5.60 Å². The molecule has 2 bridgehead atoms. The molecule has 1 aliphatic carbocycles. The van der Waals surface area contributed by atoms with Gasteiger partial charge in [0, 0.05) is 18.1 Å². The second-order valence-electron chi connectivity index (χ2n) is 6.93. The fourth-order valence-electron chi connectivity index (χ4n) is 5.06. The average Bonchev–Trinajstić information content (AvgIpc) is 2.43. The third kappa shape index (κ3) is 1.38. The lowest BCUT2D eigenvalue weighted by molar-refractivity contribution is -0.193. The Labute approximate surface area is 120 Å². The molecule has 3 nitrogen and oxygen atoms in total. The van der Waals surface area contributed by atoms with Crippen molar-refractivity contribution in [1.29, 1.82) is 0 Å². The standard InChI is InChI=1S/C17H23NO2/c1-16-15-10-12-4-5-13(19)11-14(12)17(16,6-3-9-20-16)7-8-18(15)2/h4-5,11,15,19H,3,6-10H2,1-2H3/t15-,16-,17+/m1/s1. The van der Waals surface area contributed by atoms with Crippen LogP contribution < -0.4 is 0 Å². The molecule has 2 fully saturated rings. The molecule has 0 aromatic heterocycles. The number of likely N-dealkylation sites (tertiary alicyclic amines) is 1. The summed E-state index contributed by atoms with van der Waals surface area (Å²) in [5.41, 5.74) is 2.74. The van der Waals surface area contributed by atoms with E-state index in [1.54, 1.807) is 0 Å². The van der Waals surface area contributed by atoms with E-state index >= 15 is 0 Å². The van der Waals surface area contributed by atoms with Crippen molar-refractivity contribution in [1.82, 2.24) is 4.90 Å². The van der Waals surface area contributed by atoms with Gasteiger partial charge in [-0.05, 0) is 69.5 Å². The molecule has 0 radical (unpaired) electrons. The second-order valence-corrected chi connectivity index (χ2v) is 6.93. The Balaban J connectivity index is 1.97. The summed E-state index contributed by atoms with van der Waals surface area (Å²) in [6.07, 6.45) is 4.47. The molecule has 2 heterocycles. The molecule has 3 aliphatic rings. The van der Waals surface area contributed by atoms with Crippen LogP contribution in [-0.2, 0) is 16.6 Å². The first-order valence-electron chi connectivity index (χ1n) is 7.73. The number of piperidine rings is 1. The fourth-order valence-corrected chi connectivity index (χ4v) is 5.06. The molecule has 2 saturated heterocycles. The van der Waals surface area contributed by atoms with Crippen LogP contribution >= 0.6 is 0 Å². The van der Waals surface area contributed by atoms with Crippen molar-refractivity contribution in [2.75, 3.05) is 20.2 Å². The number of fused-ring (bicyclic) bond motifs is 1. The van der Waals surface area contributed by atoms with Crippen LogP contribution in [0.4, 0.5) is 0 Å². The van der Waals surface area contributed by atoms with Gasteiger partial charge in [-0.15, -0.1) is 0 Å². The monoisotopic (exact) mass is 273 g/mol. The van der Waals surface area contributed by atoms with E-state index < -0.39 is 0 Å². The average molecular weight is 273 g/mol. The first-order valence-corrected chi connectivity index (χ1v) is 7.73. The van der Waals surface area contributed by atoms with Crippen molar-refractivity contribution < 1.29 is 9.84 Å². The van der Waals surface area contributed by atoms with Crippen molar-refractivity contribution in [3.63, 3.8) is 0 Å². The number of likely N-dealkylation sites (N-methyl/N-ethyl adjacent to an activating group) is 1. The Bertz CT molecular complexity index is 558. The molecule has 1 aromatic rings.